The maximum atomic E-state index is 11.0. The highest BCUT2D eigenvalue weighted by Gasteiger charge is 2.18. The summed E-state index contributed by atoms with van der Waals surface area (Å²) in [4.78, 5) is -0.323. The van der Waals surface area contributed by atoms with Crippen molar-refractivity contribution in [2.24, 2.45) is 0 Å². The first kappa shape index (κ1) is 11.3. The summed E-state index contributed by atoms with van der Waals surface area (Å²) in [7, 11) is 1.11. The molecular formula is C7H3BrClNO3S. The fourth-order valence-electron chi connectivity index (χ4n) is 0.825. The first-order chi connectivity index (χ1) is 6.36. The standard InChI is InChI=1S/C7H3BrClNO3S/c8-7-5(11)1-4(3-10)2-6(7)14(9,12)13/h1-2,11H. The smallest absolute Gasteiger partial charge is 0.262 e. The summed E-state index contributed by atoms with van der Waals surface area (Å²) in [6.45, 7) is 0. The summed E-state index contributed by atoms with van der Waals surface area (Å²) >= 11 is 2.86. The Bertz CT molecular complexity index is 520. The van der Waals surface area contributed by atoms with Gasteiger partial charge in [-0.3, -0.25) is 0 Å². The number of nitrogens with zero attached hydrogens (tertiary/aromatic N) is 1. The van der Waals surface area contributed by atoms with Crippen molar-refractivity contribution in [3.8, 4) is 11.8 Å². The van der Waals surface area contributed by atoms with Crippen LogP contribution in [0.1, 0.15) is 5.56 Å². The lowest BCUT2D eigenvalue weighted by molar-refractivity contribution is 0.469. The molecule has 0 heterocycles. The SMILES string of the molecule is N#Cc1cc(O)c(Br)c(S(=O)(=O)Cl)c1. The topological polar surface area (TPSA) is 78.2 Å². The molecule has 0 aromatic heterocycles. The Labute approximate surface area is 93.3 Å². The second kappa shape index (κ2) is 3.77. The molecule has 7 heteroatoms. The van der Waals surface area contributed by atoms with Gasteiger partial charge in [-0.05, 0) is 28.1 Å². The summed E-state index contributed by atoms with van der Waals surface area (Å²) in [5.41, 5.74) is 0.0184. The van der Waals surface area contributed by atoms with E-state index in [9.17, 15) is 13.5 Å². The number of aromatic hydroxyl groups is 1. The van der Waals surface area contributed by atoms with Gasteiger partial charge in [0.1, 0.15) is 10.6 Å². The summed E-state index contributed by atoms with van der Waals surface area (Å²) in [5, 5.41) is 17.8. The van der Waals surface area contributed by atoms with Crippen molar-refractivity contribution in [1.29, 1.82) is 5.26 Å². The maximum absolute atomic E-state index is 11.0. The third kappa shape index (κ3) is 2.18. The fraction of sp³-hybridized carbons (Fsp3) is 0. The molecule has 1 aromatic carbocycles. The van der Waals surface area contributed by atoms with E-state index in [0.29, 0.717) is 0 Å². The van der Waals surface area contributed by atoms with Gasteiger partial charge in [0.2, 0.25) is 0 Å². The lowest BCUT2D eigenvalue weighted by Crippen LogP contribution is -1.93. The average molecular weight is 297 g/mol. The van der Waals surface area contributed by atoms with Gasteiger partial charge in [0.05, 0.1) is 16.1 Å². The number of phenolic OH excluding ortho intramolecular Hbond substituents is 1. The normalized spacial score (nSPS) is 10.9. The van der Waals surface area contributed by atoms with E-state index in [4.69, 9.17) is 15.9 Å². The number of halogens is 2. The molecule has 0 aliphatic carbocycles. The zero-order valence-corrected chi connectivity index (χ0v) is 9.69. The molecule has 1 rings (SSSR count). The third-order valence-electron chi connectivity index (χ3n) is 1.41. The third-order valence-corrected chi connectivity index (χ3v) is 3.85. The van der Waals surface area contributed by atoms with E-state index in [-0.39, 0.29) is 20.7 Å². The highest BCUT2D eigenvalue weighted by molar-refractivity contribution is 9.10. The zero-order valence-electron chi connectivity index (χ0n) is 6.53. The van der Waals surface area contributed by atoms with Crippen molar-refractivity contribution in [3.05, 3.63) is 22.2 Å². The van der Waals surface area contributed by atoms with Crippen molar-refractivity contribution >= 4 is 35.7 Å². The highest BCUT2D eigenvalue weighted by atomic mass is 79.9. The predicted molar refractivity (Wildman–Crippen MR) is 53.6 cm³/mol. The fourth-order valence-corrected chi connectivity index (χ4v) is 2.92. The number of hydrogen-bond acceptors (Lipinski definition) is 4. The van der Waals surface area contributed by atoms with Gasteiger partial charge < -0.3 is 5.11 Å². The van der Waals surface area contributed by atoms with Crippen molar-refractivity contribution in [1.82, 2.24) is 0 Å². The number of rotatable bonds is 1. The van der Waals surface area contributed by atoms with Gasteiger partial charge in [0.25, 0.3) is 9.05 Å². The largest absolute Gasteiger partial charge is 0.507 e. The Hall–Kier alpha value is -0.770. The van der Waals surface area contributed by atoms with Crippen LogP contribution >= 0.6 is 26.6 Å². The van der Waals surface area contributed by atoms with Crippen LogP contribution in [0.4, 0.5) is 0 Å². The molecule has 0 aliphatic rings. The molecule has 0 fully saturated rings. The Morgan fingerprint density at radius 1 is 1.50 bits per heavy atom. The predicted octanol–water partition coefficient (Wildman–Crippen LogP) is 1.95. The molecule has 0 saturated carbocycles. The van der Waals surface area contributed by atoms with E-state index in [2.05, 4.69) is 15.9 Å². The molecule has 0 unspecified atom stereocenters. The molecule has 4 nitrogen and oxygen atoms in total. The number of benzene rings is 1. The van der Waals surface area contributed by atoms with Crippen molar-refractivity contribution < 1.29 is 13.5 Å². The molecule has 0 bridgehead atoms. The maximum Gasteiger partial charge on any atom is 0.262 e. The van der Waals surface area contributed by atoms with Gasteiger partial charge in [0.15, 0.2) is 0 Å². The van der Waals surface area contributed by atoms with E-state index in [1.54, 1.807) is 6.07 Å². The van der Waals surface area contributed by atoms with Crippen molar-refractivity contribution in [2.45, 2.75) is 4.90 Å². The van der Waals surface area contributed by atoms with Crippen molar-refractivity contribution in [2.75, 3.05) is 0 Å². The van der Waals surface area contributed by atoms with Crippen LogP contribution in [0, 0.1) is 11.3 Å². The van der Waals surface area contributed by atoms with Gasteiger partial charge in [0, 0.05) is 10.7 Å². The van der Waals surface area contributed by atoms with Crippen LogP contribution in [0.2, 0.25) is 0 Å². The monoisotopic (exact) mass is 295 g/mol. The van der Waals surface area contributed by atoms with Gasteiger partial charge in [-0.25, -0.2) is 8.42 Å². The minimum Gasteiger partial charge on any atom is -0.507 e. The van der Waals surface area contributed by atoms with Gasteiger partial charge >= 0.3 is 0 Å². The van der Waals surface area contributed by atoms with Crippen LogP contribution in [0.3, 0.4) is 0 Å². The van der Waals surface area contributed by atoms with Crippen LogP contribution in [0.5, 0.6) is 5.75 Å². The molecular weight excluding hydrogens is 294 g/mol. The molecule has 74 valence electrons. The van der Waals surface area contributed by atoms with E-state index in [1.807, 2.05) is 0 Å². The second-order valence-electron chi connectivity index (χ2n) is 2.36. The Balaban J connectivity index is 3.61. The van der Waals surface area contributed by atoms with E-state index in [1.165, 1.54) is 0 Å². The van der Waals surface area contributed by atoms with Crippen LogP contribution < -0.4 is 0 Å². The molecule has 1 aromatic rings. The van der Waals surface area contributed by atoms with Crippen LogP contribution in [0.25, 0.3) is 0 Å². The number of phenols is 1. The second-order valence-corrected chi connectivity index (χ2v) is 5.68. The van der Waals surface area contributed by atoms with Crippen LogP contribution in [0.15, 0.2) is 21.5 Å². The molecule has 0 spiro atoms. The zero-order chi connectivity index (χ0) is 10.9. The minimum absolute atomic E-state index is 0.0184. The lowest BCUT2D eigenvalue weighted by atomic mass is 10.2. The summed E-state index contributed by atoms with van der Waals surface area (Å²) in [6, 6.07) is 3.91. The first-order valence-electron chi connectivity index (χ1n) is 3.23. The Kier molecular flexibility index (Phi) is 3.04. The molecule has 14 heavy (non-hydrogen) atoms. The summed E-state index contributed by atoms with van der Waals surface area (Å²) in [5.74, 6) is -0.344. The van der Waals surface area contributed by atoms with E-state index in [0.717, 1.165) is 12.1 Å². The van der Waals surface area contributed by atoms with Crippen LogP contribution in [-0.2, 0) is 9.05 Å². The van der Waals surface area contributed by atoms with Gasteiger partial charge in [-0.2, -0.15) is 5.26 Å². The molecule has 0 saturated heterocycles. The molecule has 0 amide bonds. The number of nitriles is 1. The Morgan fingerprint density at radius 3 is 2.50 bits per heavy atom. The molecule has 0 atom stereocenters. The molecule has 0 aliphatic heterocycles. The van der Waals surface area contributed by atoms with Crippen LogP contribution in [-0.4, -0.2) is 13.5 Å². The Morgan fingerprint density at radius 2 is 2.07 bits per heavy atom. The van der Waals surface area contributed by atoms with Gasteiger partial charge in [-0.1, -0.05) is 0 Å². The summed E-state index contributed by atoms with van der Waals surface area (Å²) in [6.07, 6.45) is 0. The number of hydrogen-bond donors (Lipinski definition) is 1. The summed E-state index contributed by atoms with van der Waals surface area (Å²) < 4.78 is 21.9. The molecule has 1 N–H and O–H groups in total. The van der Waals surface area contributed by atoms with E-state index >= 15 is 0 Å². The van der Waals surface area contributed by atoms with Crippen molar-refractivity contribution in [3.63, 3.8) is 0 Å². The first-order valence-corrected chi connectivity index (χ1v) is 6.33. The minimum atomic E-state index is -3.97. The van der Waals surface area contributed by atoms with E-state index < -0.39 is 9.05 Å². The average Bonchev–Trinajstić information content (AvgIpc) is 2.07. The van der Waals surface area contributed by atoms with Gasteiger partial charge in [-0.15, -0.1) is 0 Å². The highest BCUT2D eigenvalue weighted by Crippen LogP contribution is 2.33. The molecule has 0 radical (unpaired) electrons. The quantitative estimate of drug-likeness (QED) is 0.804. The lowest BCUT2D eigenvalue weighted by Gasteiger charge is -2.02.